The monoisotopic (exact) mass is 267 g/mol. The fraction of sp³-hybridized carbons (Fsp3) is 0.500. The molecule has 1 aromatic carbocycles. The molecule has 0 unspecified atom stereocenters. The van der Waals surface area contributed by atoms with Crippen molar-refractivity contribution in [2.45, 2.75) is 0 Å². The van der Waals surface area contributed by atoms with Crippen molar-refractivity contribution in [3.8, 4) is 0 Å². The van der Waals surface area contributed by atoms with Gasteiger partial charge >= 0.3 is 0 Å². The zero-order valence-electron chi connectivity index (χ0n) is 9.80. The van der Waals surface area contributed by atoms with Crippen LogP contribution in [0.4, 0.5) is 11.4 Å². The molecule has 0 radical (unpaired) electrons. The second-order valence-electron chi connectivity index (χ2n) is 4.97. The SMILES string of the molecule is O=[N+]([O-])c1cc(Cl)ccc1N1C[C@H]2CNC[C@H]2C1. The van der Waals surface area contributed by atoms with E-state index in [0.29, 0.717) is 22.5 Å². The predicted octanol–water partition coefficient (Wildman–Crippen LogP) is 1.90. The molecule has 0 bridgehead atoms. The Kier molecular flexibility index (Phi) is 2.87. The van der Waals surface area contributed by atoms with Gasteiger partial charge in [0.1, 0.15) is 5.69 Å². The van der Waals surface area contributed by atoms with Crippen LogP contribution < -0.4 is 10.2 Å². The number of hydrogen-bond donors (Lipinski definition) is 1. The van der Waals surface area contributed by atoms with Crippen LogP contribution in [0, 0.1) is 22.0 Å². The van der Waals surface area contributed by atoms with Gasteiger partial charge in [-0.1, -0.05) is 11.6 Å². The van der Waals surface area contributed by atoms with Crippen LogP contribution in [-0.4, -0.2) is 31.1 Å². The van der Waals surface area contributed by atoms with Gasteiger partial charge in [-0.3, -0.25) is 10.1 Å². The number of nitrogens with zero attached hydrogens (tertiary/aromatic N) is 2. The minimum absolute atomic E-state index is 0.107. The molecule has 2 aliphatic heterocycles. The Labute approximate surface area is 110 Å². The summed E-state index contributed by atoms with van der Waals surface area (Å²) >= 11 is 5.83. The zero-order chi connectivity index (χ0) is 12.7. The van der Waals surface area contributed by atoms with Crippen molar-refractivity contribution in [3.05, 3.63) is 33.3 Å². The topological polar surface area (TPSA) is 58.4 Å². The Bertz CT molecular complexity index is 482. The third-order valence-corrected chi connectivity index (χ3v) is 4.10. The first-order chi connectivity index (χ1) is 8.65. The van der Waals surface area contributed by atoms with Gasteiger partial charge in [-0.25, -0.2) is 0 Å². The Morgan fingerprint density at radius 3 is 2.61 bits per heavy atom. The number of nitro groups is 1. The molecular formula is C12H14ClN3O2. The van der Waals surface area contributed by atoms with E-state index in [0.717, 1.165) is 26.2 Å². The molecule has 2 aliphatic rings. The first kappa shape index (κ1) is 11.7. The molecule has 96 valence electrons. The Balaban J connectivity index is 1.90. The van der Waals surface area contributed by atoms with E-state index >= 15 is 0 Å². The van der Waals surface area contributed by atoms with E-state index in [2.05, 4.69) is 10.2 Å². The molecule has 0 aliphatic carbocycles. The van der Waals surface area contributed by atoms with Crippen LogP contribution in [0.5, 0.6) is 0 Å². The average molecular weight is 268 g/mol. The van der Waals surface area contributed by atoms with Gasteiger partial charge < -0.3 is 10.2 Å². The molecule has 18 heavy (non-hydrogen) atoms. The van der Waals surface area contributed by atoms with Crippen molar-refractivity contribution in [3.63, 3.8) is 0 Å². The predicted molar refractivity (Wildman–Crippen MR) is 70.2 cm³/mol. The van der Waals surface area contributed by atoms with E-state index in [-0.39, 0.29) is 10.6 Å². The second kappa shape index (κ2) is 4.40. The van der Waals surface area contributed by atoms with Crippen molar-refractivity contribution >= 4 is 23.0 Å². The summed E-state index contributed by atoms with van der Waals surface area (Å²) in [5, 5.41) is 14.9. The lowest BCUT2D eigenvalue weighted by molar-refractivity contribution is -0.384. The third kappa shape index (κ3) is 1.93. The molecule has 2 fully saturated rings. The minimum Gasteiger partial charge on any atom is -0.365 e. The van der Waals surface area contributed by atoms with Gasteiger partial charge in [0, 0.05) is 37.3 Å². The highest BCUT2D eigenvalue weighted by atomic mass is 35.5. The van der Waals surface area contributed by atoms with Crippen LogP contribution in [-0.2, 0) is 0 Å². The molecule has 0 spiro atoms. The normalized spacial score (nSPS) is 26.4. The summed E-state index contributed by atoms with van der Waals surface area (Å²) in [5.41, 5.74) is 0.800. The second-order valence-corrected chi connectivity index (χ2v) is 5.41. The smallest absolute Gasteiger partial charge is 0.294 e. The van der Waals surface area contributed by atoms with E-state index in [1.807, 2.05) is 0 Å². The van der Waals surface area contributed by atoms with Crippen LogP contribution in [0.2, 0.25) is 5.02 Å². The third-order valence-electron chi connectivity index (χ3n) is 3.86. The summed E-state index contributed by atoms with van der Waals surface area (Å²) in [6, 6.07) is 4.91. The van der Waals surface area contributed by atoms with Crippen molar-refractivity contribution in [2.24, 2.45) is 11.8 Å². The van der Waals surface area contributed by atoms with E-state index < -0.39 is 0 Å². The standard InChI is InChI=1S/C12H14ClN3O2/c13-10-1-2-11(12(3-10)16(17)18)15-6-8-4-14-5-9(8)7-15/h1-3,8-9,14H,4-7H2/t8-,9+. The number of nitro benzene ring substituents is 1. The first-order valence-corrected chi connectivity index (χ1v) is 6.42. The lowest BCUT2D eigenvalue weighted by atomic mass is 10.0. The maximum Gasteiger partial charge on any atom is 0.294 e. The molecule has 2 heterocycles. The molecule has 0 saturated carbocycles. The molecule has 2 saturated heterocycles. The molecule has 3 rings (SSSR count). The lowest BCUT2D eigenvalue weighted by Crippen LogP contribution is -2.26. The molecule has 1 N–H and O–H groups in total. The van der Waals surface area contributed by atoms with Gasteiger partial charge in [0.05, 0.1) is 4.92 Å². The van der Waals surface area contributed by atoms with Gasteiger partial charge in [0.15, 0.2) is 0 Å². The summed E-state index contributed by atoms with van der Waals surface area (Å²) in [5.74, 6) is 1.22. The molecule has 0 aromatic heterocycles. The Morgan fingerprint density at radius 1 is 1.33 bits per heavy atom. The molecule has 1 aromatic rings. The summed E-state index contributed by atoms with van der Waals surface area (Å²) in [6.07, 6.45) is 0. The van der Waals surface area contributed by atoms with E-state index in [4.69, 9.17) is 11.6 Å². The van der Waals surface area contributed by atoms with Crippen LogP contribution in [0.25, 0.3) is 0 Å². The zero-order valence-corrected chi connectivity index (χ0v) is 10.6. The molecule has 0 amide bonds. The maximum absolute atomic E-state index is 11.1. The van der Waals surface area contributed by atoms with E-state index in [1.165, 1.54) is 6.07 Å². The number of hydrogen-bond acceptors (Lipinski definition) is 4. The van der Waals surface area contributed by atoms with Crippen molar-refractivity contribution in [1.82, 2.24) is 5.32 Å². The quantitative estimate of drug-likeness (QED) is 0.657. The highest BCUT2D eigenvalue weighted by Gasteiger charge is 2.37. The van der Waals surface area contributed by atoms with Gasteiger partial charge in [-0.2, -0.15) is 0 Å². The van der Waals surface area contributed by atoms with Gasteiger partial charge in [-0.15, -0.1) is 0 Å². The molecule has 5 nitrogen and oxygen atoms in total. The van der Waals surface area contributed by atoms with Crippen LogP contribution in [0.1, 0.15) is 0 Å². The summed E-state index contributed by atoms with van der Waals surface area (Å²) < 4.78 is 0. The maximum atomic E-state index is 11.1. The number of nitrogens with one attached hydrogen (secondary N) is 1. The molecule has 2 atom stereocenters. The minimum atomic E-state index is -0.354. The highest BCUT2D eigenvalue weighted by Crippen LogP contribution is 2.36. The first-order valence-electron chi connectivity index (χ1n) is 6.05. The van der Waals surface area contributed by atoms with Crippen molar-refractivity contribution in [1.29, 1.82) is 0 Å². The Morgan fingerprint density at radius 2 is 2.00 bits per heavy atom. The largest absolute Gasteiger partial charge is 0.365 e. The summed E-state index contributed by atoms with van der Waals surface area (Å²) in [7, 11) is 0. The Hall–Kier alpha value is -1.33. The van der Waals surface area contributed by atoms with Gasteiger partial charge in [-0.05, 0) is 24.0 Å². The van der Waals surface area contributed by atoms with Crippen LogP contribution in [0.3, 0.4) is 0 Å². The van der Waals surface area contributed by atoms with Gasteiger partial charge in [0.25, 0.3) is 5.69 Å². The van der Waals surface area contributed by atoms with Crippen molar-refractivity contribution < 1.29 is 4.92 Å². The average Bonchev–Trinajstić information content (AvgIpc) is 2.88. The summed E-state index contributed by atoms with van der Waals surface area (Å²) in [6.45, 7) is 3.81. The van der Waals surface area contributed by atoms with Crippen molar-refractivity contribution in [2.75, 3.05) is 31.1 Å². The van der Waals surface area contributed by atoms with Crippen LogP contribution >= 0.6 is 11.6 Å². The number of benzene rings is 1. The summed E-state index contributed by atoms with van der Waals surface area (Å²) in [4.78, 5) is 12.8. The van der Waals surface area contributed by atoms with E-state index in [9.17, 15) is 10.1 Å². The molecule has 6 heteroatoms. The lowest BCUT2D eigenvalue weighted by Gasteiger charge is -2.19. The fourth-order valence-corrected chi connectivity index (χ4v) is 3.13. The number of anilines is 1. The highest BCUT2D eigenvalue weighted by molar-refractivity contribution is 6.30. The van der Waals surface area contributed by atoms with Crippen LogP contribution in [0.15, 0.2) is 18.2 Å². The number of rotatable bonds is 2. The number of halogens is 1. The molecular weight excluding hydrogens is 254 g/mol. The van der Waals surface area contributed by atoms with Gasteiger partial charge in [0.2, 0.25) is 0 Å². The number of fused-ring (bicyclic) bond motifs is 1. The van der Waals surface area contributed by atoms with E-state index in [1.54, 1.807) is 12.1 Å². The fourth-order valence-electron chi connectivity index (χ4n) is 2.96.